The van der Waals surface area contributed by atoms with Crippen molar-refractivity contribution in [2.75, 3.05) is 0 Å². The molecule has 6 heteroatoms. The second kappa shape index (κ2) is 1.73. The fraction of sp³-hybridized carbons (Fsp3) is 0. The van der Waals surface area contributed by atoms with Gasteiger partial charge in [0.15, 0.2) is 0 Å². The third-order valence-electron chi connectivity index (χ3n) is 0.728. The van der Waals surface area contributed by atoms with Gasteiger partial charge in [-0.05, 0) is 4.92 Å². The summed E-state index contributed by atoms with van der Waals surface area (Å²) >= 11 is 0. The van der Waals surface area contributed by atoms with Gasteiger partial charge in [0.2, 0.25) is 0 Å². The highest BCUT2D eigenvalue weighted by Crippen LogP contribution is 1.95. The predicted octanol–water partition coefficient (Wildman–Crippen LogP) is -0.610. The van der Waals surface area contributed by atoms with Crippen LogP contribution in [0.1, 0.15) is 0 Å². The van der Waals surface area contributed by atoms with Gasteiger partial charge in [0.1, 0.15) is 6.20 Å². The molecule has 0 spiro atoms. The Morgan fingerprint density at radius 3 is 2.67 bits per heavy atom. The average molecular weight is 128 g/mol. The van der Waals surface area contributed by atoms with Crippen molar-refractivity contribution < 1.29 is 9.72 Å². The number of nitro groups is 1. The van der Waals surface area contributed by atoms with E-state index in [4.69, 9.17) is 0 Å². The fourth-order valence-electron chi connectivity index (χ4n) is 0.388. The van der Waals surface area contributed by atoms with E-state index in [2.05, 4.69) is 5.32 Å². The number of urea groups is 1. The molecule has 1 radical (unpaired) electrons. The first-order valence-corrected chi connectivity index (χ1v) is 2.07. The van der Waals surface area contributed by atoms with E-state index >= 15 is 0 Å². The van der Waals surface area contributed by atoms with Crippen molar-refractivity contribution in [1.82, 2.24) is 10.6 Å². The predicted molar refractivity (Wildman–Crippen MR) is 25.7 cm³/mol. The van der Waals surface area contributed by atoms with Crippen molar-refractivity contribution in [3.8, 4) is 0 Å². The zero-order valence-electron chi connectivity index (χ0n) is 4.20. The Bertz CT molecular complexity index is 196. The van der Waals surface area contributed by atoms with Crippen LogP contribution in [0.25, 0.3) is 0 Å². The van der Waals surface area contributed by atoms with Gasteiger partial charge in [0.25, 0.3) is 0 Å². The van der Waals surface area contributed by atoms with Crippen molar-refractivity contribution in [2.24, 2.45) is 0 Å². The van der Waals surface area contributed by atoms with Crippen LogP contribution in [0.4, 0.5) is 4.79 Å². The SMILES string of the molecule is O=C1[N]C([N+](=O)[O-])=CN1. The van der Waals surface area contributed by atoms with Gasteiger partial charge < -0.3 is 10.1 Å². The second-order valence-electron chi connectivity index (χ2n) is 1.32. The van der Waals surface area contributed by atoms with Gasteiger partial charge in [-0.2, -0.15) is 0 Å². The highest BCUT2D eigenvalue weighted by atomic mass is 16.6. The Morgan fingerprint density at radius 2 is 2.44 bits per heavy atom. The third-order valence-corrected chi connectivity index (χ3v) is 0.728. The number of hydrogen-bond acceptors (Lipinski definition) is 3. The normalized spacial score (nSPS) is 16.0. The molecule has 0 aromatic rings. The number of carbonyl (C=O) groups is 1. The quantitative estimate of drug-likeness (QED) is 0.377. The van der Waals surface area contributed by atoms with Gasteiger partial charge in [-0.25, -0.2) is 4.79 Å². The zero-order valence-corrected chi connectivity index (χ0v) is 4.20. The highest BCUT2D eigenvalue weighted by Gasteiger charge is 2.26. The maximum absolute atomic E-state index is 10.1. The number of amides is 2. The summed E-state index contributed by atoms with van der Waals surface area (Å²) in [4.78, 5) is 19.2. The summed E-state index contributed by atoms with van der Waals surface area (Å²) in [7, 11) is 0. The van der Waals surface area contributed by atoms with Gasteiger partial charge in [0.05, 0.1) is 0 Å². The van der Waals surface area contributed by atoms with Crippen molar-refractivity contribution in [1.29, 1.82) is 0 Å². The summed E-state index contributed by atoms with van der Waals surface area (Å²) < 4.78 is 0. The van der Waals surface area contributed by atoms with Gasteiger partial charge in [0, 0.05) is 5.32 Å². The summed E-state index contributed by atoms with van der Waals surface area (Å²) in [6.07, 6.45) is 0.947. The van der Waals surface area contributed by atoms with E-state index < -0.39 is 16.8 Å². The monoisotopic (exact) mass is 128 g/mol. The van der Waals surface area contributed by atoms with Gasteiger partial charge in [-0.3, -0.25) is 5.32 Å². The first-order chi connectivity index (χ1) is 4.20. The average Bonchev–Trinajstić information content (AvgIpc) is 2.14. The molecule has 1 N–H and O–H groups in total. The molecule has 1 aliphatic rings. The Balaban J connectivity index is 2.65. The third kappa shape index (κ3) is 0.958. The first-order valence-electron chi connectivity index (χ1n) is 2.07. The van der Waals surface area contributed by atoms with E-state index in [0.29, 0.717) is 0 Å². The van der Waals surface area contributed by atoms with Crippen molar-refractivity contribution >= 4 is 6.03 Å². The molecule has 0 saturated carbocycles. The van der Waals surface area contributed by atoms with E-state index in [0.717, 1.165) is 6.20 Å². The van der Waals surface area contributed by atoms with Crippen LogP contribution >= 0.6 is 0 Å². The van der Waals surface area contributed by atoms with Crippen LogP contribution in [0.3, 0.4) is 0 Å². The Morgan fingerprint density at radius 1 is 1.78 bits per heavy atom. The molecule has 0 atom stereocenters. The molecule has 0 aliphatic carbocycles. The van der Waals surface area contributed by atoms with E-state index in [9.17, 15) is 14.9 Å². The number of nitrogens with zero attached hydrogens (tertiary/aromatic N) is 2. The number of nitrogens with one attached hydrogen (secondary N) is 1. The maximum Gasteiger partial charge on any atom is 0.455 e. The lowest BCUT2D eigenvalue weighted by molar-refractivity contribution is -0.429. The van der Waals surface area contributed by atoms with Crippen LogP contribution < -0.4 is 10.6 Å². The summed E-state index contributed by atoms with van der Waals surface area (Å²) in [5.41, 5.74) is 0. The Labute approximate surface area is 49.7 Å². The van der Waals surface area contributed by atoms with E-state index in [1.807, 2.05) is 5.32 Å². The molecule has 6 nitrogen and oxygen atoms in total. The molecule has 1 aliphatic heterocycles. The Hall–Kier alpha value is -1.59. The topological polar surface area (TPSA) is 86.3 Å². The lowest BCUT2D eigenvalue weighted by Gasteiger charge is -1.84. The molecule has 1 heterocycles. The molecule has 2 amide bonds. The molecular formula is C3H2N3O3. The molecule has 0 aromatic heterocycles. The minimum absolute atomic E-state index is 0.444. The lowest BCUT2D eigenvalue weighted by Crippen LogP contribution is -2.17. The van der Waals surface area contributed by atoms with E-state index in [1.165, 1.54) is 0 Å². The summed E-state index contributed by atoms with van der Waals surface area (Å²) in [6.45, 7) is 0. The molecule has 1 rings (SSSR count). The summed E-state index contributed by atoms with van der Waals surface area (Å²) in [5.74, 6) is -0.444. The minimum Gasteiger partial charge on any atom is -0.358 e. The number of carbonyl (C=O) groups excluding carboxylic acids is 1. The highest BCUT2D eigenvalue weighted by molar-refractivity contribution is 5.78. The minimum atomic E-state index is -0.738. The second-order valence-corrected chi connectivity index (χ2v) is 1.32. The van der Waals surface area contributed by atoms with Gasteiger partial charge in [-0.1, -0.05) is 0 Å². The number of hydrogen-bond donors (Lipinski definition) is 1. The molecular weight excluding hydrogens is 126 g/mol. The van der Waals surface area contributed by atoms with Crippen LogP contribution in [-0.4, -0.2) is 11.0 Å². The van der Waals surface area contributed by atoms with Crippen LogP contribution in [0.15, 0.2) is 12.0 Å². The van der Waals surface area contributed by atoms with Crippen LogP contribution in [0.2, 0.25) is 0 Å². The maximum atomic E-state index is 10.1. The standard InChI is InChI=1S/C3H2N3O3/c7-3-4-1-2(5-3)6(8)9/h1H,(H,4,7). The van der Waals surface area contributed by atoms with Crippen molar-refractivity contribution in [3.63, 3.8) is 0 Å². The molecule has 9 heavy (non-hydrogen) atoms. The number of rotatable bonds is 1. The molecule has 0 saturated heterocycles. The molecule has 47 valence electrons. The van der Waals surface area contributed by atoms with Crippen molar-refractivity contribution in [2.45, 2.75) is 0 Å². The van der Waals surface area contributed by atoms with Crippen LogP contribution in [-0.2, 0) is 0 Å². The molecule has 0 unspecified atom stereocenters. The summed E-state index contributed by atoms with van der Waals surface area (Å²) in [5, 5.41) is 14.8. The van der Waals surface area contributed by atoms with Gasteiger partial charge >= 0.3 is 11.9 Å². The summed E-state index contributed by atoms with van der Waals surface area (Å²) in [6, 6.07) is -0.693. The largest absolute Gasteiger partial charge is 0.455 e. The van der Waals surface area contributed by atoms with Crippen LogP contribution in [0.5, 0.6) is 0 Å². The van der Waals surface area contributed by atoms with E-state index in [-0.39, 0.29) is 0 Å². The Kier molecular flexibility index (Phi) is 1.07. The van der Waals surface area contributed by atoms with Gasteiger partial charge in [-0.15, -0.1) is 0 Å². The van der Waals surface area contributed by atoms with Crippen molar-refractivity contribution in [3.05, 3.63) is 22.1 Å². The smallest absolute Gasteiger partial charge is 0.358 e. The molecule has 0 aromatic carbocycles. The molecule has 0 fully saturated rings. The lowest BCUT2D eigenvalue weighted by atomic mass is 10.8. The van der Waals surface area contributed by atoms with E-state index in [1.54, 1.807) is 0 Å². The molecule has 0 bridgehead atoms. The first kappa shape index (κ1) is 5.54. The van der Waals surface area contributed by atoms with Crippen LogP contribution in [0, 0.1) is 10.1 Å². The fourth-order valence-corrected chi connectivity index (χ4v) is 0.388. The zero-order chi connectivity index (χ0) is 6.85.